The van der Waals surface area contributed by atoms with Crippen molar-refractivity contribution in [1.29, 1.82) is 0 Å². The summed E-state index contributed by atoms with van der Waals surface area (Å²) < 4.78 is 18.3. The van der Waals surface area contributed by atoms with Gasteiger partial charge in [-0.25, -0.2) is 4.39 Å². The Morgan fingerprint density at radius 1 is 1.50 bits per heavy atom. The Morgan fingerprint density at radius 2 is 2.21 bits per heavy atom. The summed E-state index contributed by atoms with van der Waals surface area (Å²) in [4.78, 5) is 0. The number of rotatable bonds is 2. The lowest BCUT2D eigenvalue weighted by Crippen LogP contribution is -2.35. The molecule has 1 aliphatic heterocycles. The fourth-order valence-electron chi connectivity index (χ4n) is 1.47. The third kappa shape index (κ3) is 1.99. The zero-order valence-electron chi connectivity index (χ0n) is 7.92. The Hall–Kier alpha value is -0.800. The predicted octanol–water partition coefficient (Wildman–Crippen LogP) is 2.29. The normalized spacial score (nSPS) is 19.4. The summed E-state index contributed by atoms with van der Waals surface area (Å²) in [5.41, 5.74) is 0.743. The Kier molecular flexibility index (Phi) is 3.72. The summed E-state index contributed by atoms with van der Waals surface area (Å²) in [5.74, 6) is 0.386. The second-order valence-corrected chi connectivity index (χ2v) is 3.18. The minimum atomic E-state index is -0.184. The second kappa shape index (κ2) is 4.62. The number of methoxy groups -OCH3 is 1. The van der Waals surface area contributed by atoms with E-state index < -0.39 is 0 Å². The maximum atomic E-state index is 13.4. The van der Waals surface area contributed by atoms with E-state index in [1.807, 2.05) is 0 Å². The van der Waals surface area contributed by atoms with Crippen molar-refractivity contribution in [1.82, 2.24) is 5.32 Å². The average Bonchev–Trinajstić information content (AvgIpc) is 2.05. The number of benzene rings is 1. The van der Waals surface area contributed by atoms with Gasteiger partial charge >= 0.3 is 0 Å². The highest BCUT2D eigenvalue weighted by atomic mass is 35.5. The van der Waals surface area contributed by atoms with Crippen LogP contribution in [0.5, 0.6) is 5.75 Å². The summed E-state index contributed by atoms with van der Waals surface area (Å²) in [6.45, 7) is 0.982. The molecule has 0 bridgehead atoms. The first-order valence-corrected chi connectivity index (χ1v) is 4.38. The van der Waals surface area contributed by atoms with Crippen LogP contribution < -0.4 is 10.1 Å². The maximum absolute atomic E-state index is 13.4. The molecule has 0 aromatic heterocycles. The number of hydrogen-bond acceptors (Lipinski definition) is 2. The smallest absolute Gasteiger partial charge is 0.131 e. The maximum Gasteiger partial charge on any atom is 0.131 e. The van der Waals surface area contributed by atoms with E-state index >= 15 is 0 Å². The molecule has 1 fully saturated rings. The van der Waals surface area contributed by atoms with Gasteiger partial charge in [-0.3, -0.25) is 0 Å². The van der Waals surface area contributed by atoms with E-state index in [0.29, 0.717) is 5.75 Å². The first-order valence-electron chi connectivity index (χ1n) is 4.38. The molecule has 0 spiro atoms. The highest BCUT2D eigenvalue weighted by molar-refractivity contribution is 5.85. The minimum Gasteiger partial charge on any atom is -0.497 e. The number of halogens is 2. The molecule has 1 heterocycles. The van der Waals surface area contributed by atoms with E-state index in [1.54, 1.807) is 12.1 Å². The molecule has 0 unspecified atom stereocenters. The van der Waals surface area contributed by atoms with Crippen LogP contribution >= 0.6 is 12.4 Å². The van der Waals surface area contributed by atoms with E-state index in [9.17, 15) is 4.39 Å². The molecule has 0 saturated carbocycles. The molecule has 4 heteroatoms. The number of nitrogens with one attached hydrogen (secondary N) is 1. The van der Waals surface area contributed by atoms with Crippen LogP contribution in [0.3, 0.4) is 0 Å². The minimum absolute atomic E-state index is 0. The first kappa shape index (κ1) is 11.3. The van der Waals surface area contributed by atoms with Crippen molar-refractivity contribution in [2.45, 2.75) is 12.5 Å². The summed E-state index contributed by atoms with van der Waals surface area (Å²) in [6, 6.07) is 5.20. The molecule has 1 N–H and O–H groups in total. The van der Waals surface area contributed by atoms with Crippen molar-refractivity contribution in [2.75, 3.05) is 13.7 Å². The summed E-state index contributed by atoms with van der Waals surface area (Å²) in [5, 5.41) is 3.16. The van der Waals surface area contributed by atoms with Crippen LogP contribution in [-0.4, -0.2) is 13.7 Å². The predicted molar refractivity (Wildman–Crippen MR) is 55.6 cm³/mol. The van der Waals surface area contributed by atoms with E-state index in [1.165, 1.54) is 13.2 Å². The lowest BCUT2D eigenvalue weighted by atomic mass is 9.97. The fraction of sp³-hybridized carbons (Fsp3) is 0.400. The highest BCUT2D eigenvalue weighted by Gasteiger charge is 2.21. The first-order chi connectivity index (χ1) is 6.31. The van der Waals surface area contributed by atoms with Gasteiger partial charge in [0.1, 0.15) is 11.6 Å². The molecule has 2 nitrogen and oxygen atoms in total. The van der Waals surface area contributed by atoms with Gasteiger partial charge in [0, 0.05) is 17.7 Å². The molecule has 0 amide bonds. The van der Waals surface area contributed by atoms with Gasteiger partial charge in [-0.15, -0.1) is 12.4 Å². The summed E-state index contributed by atoms with van der Waals surface area (Å²) in [7, 11) is 1.54. The van der Waals surface area contributed by atoms with E-state index in [4.69, 9.17) is 4.74 Å². The largest absolute Gasteiger partial charge is 0.497 e. The molecule has 14 heavy (non-hydrogen) atoms. The van der Waals surface area contributed by atoms with Crippen LogP contribution in [0.15, 0.2) is 18.2 Å². The van der Waals surface area contributed by atoms with Gasteiger partial charge in [-0.2, -0.15) is 0 Å². The molecule has 78 valence electrons. The molecular weight excluding hydrogens is 205 g/mol. The topological polar surface area (TPSA) is 21.3 Å². The number of hydrogen-bond donors (Lipinski definition) is 1. The molecule has 1 atom stereocenters. The van der Waals surface area contributed by atoms with Gasteiger partial charge in [0.2, 0.25) is 0 Å². The Balaban J connectivity index is 0.000000980. The van der Waals surface area contributed by atoms with Crippen LogP contribution in [0.25, 0.3) is 0 Å². The van der Waals surface area contributed by atoms with Crippen molar-refractivity contribution in [3.8, 4) is 5.75 Å². The molecule has 1 aromatic carbocycles. The highest BCUT2D eigenvalue weighted by Crippen LogP contribution is 2.27. The van der Waals surface area contributed by atoms with E-state index in [0.717, 1.165) is 18.5 Å². The standard InChI is InChI=1S/C10H12FNO.ClH/c1-13-7-2-3-8(9(11)6-7)10-4-5-12-10;/h2-3,6,10,12H,4-5H2,1H3;1H/t10-;/m0./s1. The van der Waals surface area contributed by atoms with Crippen LogP contribution in [-0.2, 0) is 0 Å². The van der Waals surface area contributed by atoms with Crippen molar-refractivity contribution in [2.24, 2.45) is 0 Å². The summed E-state index contributed by atoms with van der Waals surface area (Å²) in [6.07, 6.45) is 1.02. The number of ether oxygens (including phenoxy) is 1. The zero-order valence-corrected chi connectivity index (χ0v) is 8.73. The third-order valence-corrected chi connectivity index (χ3v) is 2.41. The van der Waals surface area contributed by atoms with Gasteiger partial charge in [-0.1, -0.05) is 6.07 Å². The van der Waals surface area contributed by atoms with Crippen molar-refractivity contribution < 1.29 is 9.13 Å². The van der Waals surface area contributed by atoms with Gasteiger partial charge in [0.25, 0.3) is 0 Å². The Morgan fingerprint density at radius 3 is 2.64 bits per heavy atom. The molecular formula is C10H13ClFNO. The van der Waals surface area contributed by atoms with Gasteiger partial charge in [0.05, 0.1) is 7.11 Å². The Bertz CT molecular complexity index is 315. The van der Waals surface area contributed by atoms with Gasteiger partial charge < -0.3 is 10.1 Å². The molecule has 1 saturated heterocycles. The third-order valence-electron chi connectivity index (χ3n) is 2.41. The van der Waals surface area contributed by atoms with Gasteiger partial charge in [-0.05, 0) is 19.0 Å². The molecule has 1 aromatic rings. The van der Waals surface area contributed by atoms with Crippen LogP contribution in [0.2, 0.25) is 0 Å². The van der Waals surface area contributed by atoms with Crippen LogP contribution in [0.1, 0.15) is 18.0 Å². The van der Waals surface area contributed by atoms with E-state index in [-0.39, 0.29) is 24.3 Å². The lowest BCUT2D eigenvalue weighted by Gasteiger charge is -2.28. The van der Waals surface area contributed by atoms with Crippen LogP contribution in [0, 0.1) is 5.82 Å². The van der Waals surface area contributed by atoms with Crippen molar-refractivity contribution in [3.63, 3.8) is 0 Å². The van der Waals surface area contributed by atoms with E-state index in [2.05, 4.69) is 5.32 Å². The second-order valence-electron chi connectivity index (χ2n) is 3.18. The lowest BCUT2D eigenvalue weighted by molar-refractivity contribution is 0.367. The average molecular weight is 218 g/mol. The molecule has 0 radical (unpaired) electrons. The zero-order chi connectivity index (χ0) is 9.26. The molecule has 0 aliphatic carbocycles. The molecule has 1 aliphatic rings. The van der Waals surface area contributed by atoms with Crippen molar-refractivity contribution in [3.05, 3.63) is 29.6 Å². The van der Waals surface area contributed by atoms with Crippen LogP contribution in [0.4, 0.5) is 4.39 Å². The van der Waals surface area contributed by atoms with Gasteiger partial charge in [0.15, 0.2) is 0 Å². The SMILES string of the molecule is COc1ccc([C@@H]2CCN2)c(F)c1.Cl. The fourth-order valence-corrected chi connectivity index (χ4v) is 1.47. The van der Waals surface area contributed by atoms with Crippen molar-refractivity contribution >= 4 is 12.4 Å². The quantitative estimate of drug-likeness (QED) is 0.821. The summed E-state index contributed by atoms with van der Waals surface area (Å²) >= 11 is 0. The Labute approximate surface area is 88.9 Å². The molecule has 2 rings (SSSR count). The monoisotopic (exact) mass is 217 g/mol.